The molecule has 0 atom stereocenters. The Kier molecular flexibility index (Phi) is 4.69. The number of anilines is 4. The third-order valence-electron chi connectivity index (χ3n) is 6.60. The molecule has 158 valence electrons. The predicted molar refractivity (Wildman–Crippen MR) is 145 cm³/mol. The van der Waals surface area contributed by atoms with Gasteiger partial charge >= 0.3 is 0 Å². The number of nitrogens with one attached hydrogen (secondary N) is 2. The van der Waals surface area contributed by atoms with Gasteiger partial charge in [-0.3, -0.25) is 0 Å². The van der Waals surface area contributed by atoms with Crippen molar-refractivity contribution in [1.29, 1.82) is 0 Å². The summed E-state index contributed by atoms with van der Waals surface area (Å²) in [6.45, 7) is 4.36. The molecule has 5 aromatic rings. The number of hydrogen-bond donors (Lipinski definition) is 2. The Morgan fingerprint density at radius 1 is 0.636 bits per heavy atom. The van der Waals surface area contributed by atoms with E-state index < -0.39 is 0 Å². The SMILES string of the molecule is Cc1cc(C)c2c(c1)Nc1cc(Nc3cccc(-c4ccc5ccccc5c4)c3)ccc1B2. The summed E-state index contributed by atoms with van der Waals surface area (Å²) in [5.74, 6) is 0. The molecule has 0 saturated heterocycles. The van der Waals surface area contributed by atoms with Crippen molar-refractivity contribution in [2.24, 2.45) is 0 Å². The predicted octanol–water partition coefficient (Wildman–Crippen LogP) is 6.31. The molecule has 3 heteroatoms. The highest BCUT2D eigenvalue weighted by Crippen LogP contribution is 2.29. The number of rotatable bonds is 3. The summed E-state index contributed by atoms with van der Waals surface area (Å²) in [7, 11) is 0.974. The highest BCUT2D eigenvalue weighted by atomic mass is 14.9. The Hall–Kier alpha value is -3.98. The van der Waals surface area contributed by atoms with Crippen LogP contribution in [-0.4, -0.2) is 7.28 Å². The first-order valence-corrected chi connectivity index (χ1v) is 11.5. The second-order valence-corrected chi connectivity index (χ2v) is 9.05. The van der Waals surface area contributed by atoms with Gasteiger partial charge in [-0.2, -0.15) is 0 Å². The van der Waals surface area contributed by atoms with Crippen LogP contribution in [0.15, 0.2) is 97.1 Å². The van der Waals surface area contributed by atoms with Crippen LogP contribution in [0.25, 0.3) is 21.9 Å². The highest BCUT2D eigenvalue weighted by molar-refractivity contribution is 6.72. The molecule has 2 nitrogen and oxygen atoms in total. The van der Waals surface area contributed by atoms with E-state index in [1.165, 1.54) is 55.3 Å². The largest absolute Gasteiger partial charge is 0.356 e. The van der Waals surface area contributed by atoms with E-state index in [1.54, 1.807) is 0 Å². The molecule has 0 aromatic heterocycles. The van der Waals surface area contributed by atoms with E-state index >= 15 is 0 Å². The van der Waals surface area contributed by atoms with Crippen LogP contribution < -0.4 is 21.6 Å². The highest BCUT2D eigenvalue weighted by Gasteiger charge is 2.18. The molecule has 1 heterocycles. The molecule has 33 heavy (non-hydrogen) atoms. The molecule has 0 unspecified atom stereocenters. The van der Waals surface area contributed by atoms with Gasteiger partial charge in [-0.1, -0.05) is 77.2 Å². The van der Waals surface area contributed by atoms with Gasteiger partial charge in [-0.25, -0.2) is 0 Å². The Balaban J connectivity index is 1.28. The number of fused-ring (bicyclic) bond motifs is 3. The van der Waals surface area contributed by atoms with E-state index in [-0.39, 0.29) is 0 Å². The summed E-state index contributed by atoms with van der Waals surface area (Å²) in [6.07, 6.45) is 0. The van der Waals surface area contributed by atoms with Crippen LogP contribution in [0.5, 0.6) is 0 Å². The fourth-order valence-corrected chi connectivity index (χ4v) is 4.92. The summed E-state index contributed by atoms with van der Waals surface area (Å²) in [4.78, 5) is 0. The molecule has 0 spiro atoms. The quantitative estimate of drug-likeness (QED) is 0.325. The van der Waals surface area contributed by atoms with Gasteiger partial charge < -0.3 is 10.6 Å². The Morgan fingerprint density at radius 2 is 1.45 bits per heavy atom. The van der Waals surface area contributed by atoms with Crippen molar-refractivity contribution in [3.05, 3.63) is 108 Å². The Morgan fingerprint density at radius 3 is 2.36 bits per heavy atom. The van der Waals surface area contributed by atoms with E-state index in [0.29, 0.717) is 0 Å². The molecule has 1 aliphatic heterocycles. The molecule has 2 N–H and O–H groups in total. The lowest BCUT2D eigenvalue weighted by molar-refractivity contribution is 1.39. The monoisotopic (exact) mass is 424 g/mol. The molecule has 0 bridgehead atoms. The van der Waals surface area contributed by atoms with Crippen LogP contribution in [0.3, 0.4) is 0 Å². The third kappa shape index (κ3) is 3.76. The van der Waals surface area contributed by atoms with Gasteiger partial charge in [0.2, 0.25) is 0 Å². The van der Waals surface area contributed by atoms with Crippen molar-refractivity contribution in [3.8, 4) is 11.1 Å². The van der Waals surface area contributed by atoms with Crippen molar-refractivity contribution in [2.75, 3.05) is 10.6 Å². The second kappa shape index (κ2) is 7.86. The molecular formula is C30H25BN2. The van der Waals surface area contributed by atoms with Crippen LogP contribution in [0.4, 0.5) is 22.7 Å². The van der Waals surface area contributed by atoms with Crippen molar-refractivity contribution < 1.29 is 0 Å². The topological polar surface area (TPSA) is 24.1 Å². The van der Waals surface area contributed by atoms with Crippen LogP contribution in [-0.2, 0) is 0 Å². The zero-order valence-corrected chi connectivity index (χ0v) is 18.9. The van der Waals surface area contributed by atoms with E-state index in [4.69, 9.17) is 0 Å². The molecule has 0 aliphatic carbocycles. The van der Waals surface area contributed by atoms with Gasteiger partial charge in [0.25, 0.3) is 0 Å². The first-order chi connectivity index (χ1) is 16.1. The lowest BCUT2D eigenvalue weighted by Crippen LogP contribution is -2.37. The van der Waals surface area contributed by atoms with Gasteiger partial charge in [-0.05, 0) is 77.7 Å². The van der Waals surface area contributed by atoms with E-state index in [2.05, 4.69) is 122 Å². The smallest absolute Gasteiger partial charge is 0.198 e. The fraction of sp³-hybridized carbons (Fsp3) is 0.0667. The molecule has 0 saturated carbocycles. The summed E-state index contributed by atoms with van der Waals surface area (Å²) in [5, 5.41) is 9.80. The van der Waals surface area contributed by atoms with Crippen molar-refractivity contribution >= 4 is 51.7 Å². The Bertz CT molecular complexity index is 1520. The third-order valence-corrected chi connectivity index (χ3v) is 6.60. The minimum Gasteiger partial charge on any atom is -0.356 e. The first-order valence-electron chi connectivity index (χ1n) is 11.5. The molecule has 6 rings (SSSR count). The zero-order chi connectivity index (χ0) is 22.4. The summed E-state index contributed by atoms with van der Waals surface area (Å²) in [6, 6.07) is 34.9. The summed E-state index contributed by atoms with van der Waals surface area (Å²) in [5.41, 5.74) is 12.4. The maximum atomic E-state index is 3.66. The number of aryl methyl sites for hydroxylation is 2. The van der Waals surface area contributed by atoms with Gasteiger partial charge in [0.05, 0.1) is 0 Å². The standard InChI is InChI=1S/C30H25BN2/c1-19-14-20(2)30-29(15-19)33-28-18-26(12-13-27(28)31-30)32-25-9-5-8-23(17-25)24-11-10-21-6-3-4-7-22(21)16-24/h3-18,31-33H,1-2H3. The number of benzene rings is 5. The molecule has 0 fully saturated rings. The van der Waals surface area contributed by atoms with Crippen molar-refractivity contribution in [3.63, 3.8) is 0 Å². The lowest BCUT2D eigenvalue weighted by Gasteiger charge is -2.24. The second-order valence-electron chi connectivity index (χ2n) is 9.05. The molecule has 5 aromatic carbocycles. The average Bonchev–Trinajstić information content (AvgIpc) is 2.83. The van der Waals surface area contributed by atoms with Crippen molar-refractivity contribution in [1.82, 2.24) is 0 Å². The minimum atomic E-state index is 0.974. The maximum absolute atomic E-state index is 3.66. The molecular weight excluding hydrogens is 399 g/mol. The van der Waals surface area contributed by atoms with Crippen molar-refractivity contribution in [2.45, 2.75) is 13.8 Å². The zero-order valence-electron chi connectivity index (χ0n) is 18.9. The Labute approximate surface area is 195 Å². The van der Waals surface area contributed by atoms with Gasteiger partial charge in [0.15, 0.2) is 7.28 Å². The van der Waals surface area contributed by atoms with E-state index in [0.717, 1.165) is 18.7 Å². The normalized spacial score (nSPS) is 11.8. The van der Waals surface area contributed by atoms with Gasteiger partial charge in [-0.15, -0.1) is 0 Å². The minimum absolute atomic E-state index is 0.974. The number of hydrogen-bond acceptors (Lipinski definition) is 2. The molecule has 0 amide bonds. The van der Waals surface area contributed by atoms with Gasteiger partial charge in [0, 0.05) is 22.7 Å². The van der Waals surface area contributed by atoms with E-state index in [9.17, 15) is 0 Å². The van der Waals surface area contributed by atoms with Crippen LogP contribution in [0.2, 0.25) is 0 Å². The van der Waals surface area contributed by atoms with Gasteiger partial charge in [0.1, 0.15) is 0 Å². The van der Waals surface area contributed by atoms with E-state index in [1.807, 2.05) is 0 Å². The lowest BCUT2D eigenvalue weighted by atomic mass is 9.59. The van der Waals surface area contributed by atoms with Crippen LogP contribution in [0, 0.1) is 13.8 Å². The van der Waals surface area contributed by atoms with Crippen LogP contribution in [0.1, 0.15) is 11.1 Å². The van der Waals surface area contributed by atoms with Crippen LogP contribution >= 0.6 is 0 Å². The molecule has 1 aliphatic rings. The molecule has 0 radical (unpaired) electrons. The maximum Gasteiger partial charge on any atom is 0.198 e. The first kappa shape index (κ1) is 19.7. The summed E-state index contributed by atoms with van der Waals surface area (Å²) >= 11 is 0. The fourth-order valence-electron chi connectivity index (χ4n) is 4.92. The summed E-state index contributed by atoms with van der Waals surface area (Å²) < 4.78 is 0. The average molecular weight is 424 g/mol.